The number of amides is 1. The van der Waals surface area contributed by atoms with E-state index in [0.717, 1.165) is 12.1 Å². The number of carbonyl (C=O) groups is 1. The third-order valence-corrected chi connectivity index (χ3v) is 3.74. The summed E-state index contributed by atoms with van der Waals surface area (Å²) in [6, 6.07) is 1.96. The lowest BCUT2D eigenvalue weighted by molar-refractivity contribution is -0.385. The molecule has 0 bridgehead atoms. The summed E-state index contributed by atoms with van der Waals surface area (Å²) in [5.41, 5.74) is -0.405. The van der Waals surface area contributed by atoms with Crippen LogP contribution in [-0.4, -0.2) is 40.9 Å². The van der Waals surface area contributed by atoms with Crippen molar-refractivity contribution in [3.8, 4) is 0 Å². The molecular formula is C14H18FN3O3. The third-order valence-electron chi connectivity index (χ3n) is 3.74. The zero-order valence-electron chi connectivity index (χ0n) is 12.2. The summed E-state index contributed by atoms with van der Waals surface area (Å²) in [5, 5.41) is 14.1. The van der Waals surface area contributed by atoms with Gasteiger partial charge in [-0.2, -0.15) is 0 Å². The van der Waals surface area contributed by atoms with E-state index in [2.05, 4.69) is 5.32 Å². The molecule has 21 heavy (non-hydrogen) atoms. The molecule has 2 unspecified atom stereocenters. The van der Waals surface area contributed by atoms with Crippen LogP contribution < -0.4 is 5.32 Å². The van der Waals surface area contributed by atoms with E-state index in [9.17, 15) is 19.3 Å². The van der Waals surface area contributed by atoms with Crippen molar-refractivity contribution in [2.24, 2.45) is 0 Å². The van der Waals surface area contributed by atoms with Gasteiger partial charge >= 0.3 is 0 Å². The number of hydrogen-bond donors (Lipinski definition) is 1. The summed E-state index contributed by atoms with van der Waals surface area (Å²) < 4.78 is 14.2. The van der Waals surface area contributed by atoms with Crippen LogP contribution in [0.3, 0.4) is 0 Å². The quantitative estimate of drug-likeness (QED) is 0.667. The standard InChI is InChI=1S/C14H18FN3O3/c1-8-4-11(18(20)21)5-12(13(8)15)14(19)17-9(2)6-16-7-10(17)3/h4-5,9-10,16H,6-7H2,1-3H3. The lowest BCUT2D eigenvalue weighted by Crippen LogP contribution is -2.57. The summed E-state index contributed by atoms with van der Waals surface area (Å²) in [6.07, 6.45) is 0. The maximum absolute atomic E-state index is 14.2. The van der Waals surface area contributed by atoms with Crippen LogP contribution in [0.5, 0.6) is 0 Å². The molecule has 0 spiro atoms. The second-order valence-electron chi connectivity index (χ2n) is 5.45. The maximum Gasteiger partial charge on any atom is 0.270 e. The van der Waals surface area contributed by atoms with E-state index in [0.29, 0.717) is 13.1 Å². The van der Waals surface area contributed by atoms with Gasteiger partial charge in [0.25, 0.3) is 11.6 Å². The van der Waals surface area contributed by atoms with Crippen LogP contribution in [0.2, 0.25) is 0 Å². The Morgan fingerprint density at radius 1 is 1.38 bits per heavy atom. The number of benzene rings is 1. The molecular weight excluding hydrogens is 277 g/mol. The van der Waals surface area contributed by atoms with Gasteiger partial charge in [-0.1, -0.05) is 0 Å². The van der Waals surface area contributed by atoms with Gasteiger partial charge in [-0.3, -0.25) is 14.9 Å². The first-order chi connectivity index (χ1) is 9.82. The Kier molecular flexibility index (Phi) is 4.22. The molecule has 1 saturated heterocycles. The summed E-state index contributed by atoms with van der Waals surface area (Å²) >= 11 is 0. The maximum atomic E-state index is 14.2. The first-order valence-corrected chi connectivity index (χ1v) is 6.80. The van der Waals surface area contributed by atoms with Gasteiger partial charge in [-0.25, -0.2) is 4.39 Å². The molecule has 0 radical (unpaired) electrons. The van der Waals surface area contributed by atoms with Crippen molar-refractivity contribution in [3.05, 3.63) is 39.2 Å². The first-order valence-electron chi connectivity index (χ1n) is 6.80. The van der Waals surface area contributed by atoms with Gasteiger partial charge in [-0.15, -0.1) is 0 Å². The van der Waals surface area contributed by atoms with Gasteiger partial charge in [0.05, 0.1) is 10.5 Å². The number of rotatable bonds is 2. The fourth-order valence-corrected chi connectivity index (χ4v) is 2.68. The Bertz CT molecular complexity index is 581. The zero-order chi connectivity index (χ0) is 15.7. The van der Waals surface area contributed by atoms with Crippen molar-refractivity contribution in [1.29, 1.82) is 0 Å². The Balaban J connectivity index is 2.45. The number of hydrogen-bond acceptors (Lipinski definition) is 4. The Morgan fingerprint density at radius 3 is 2.48 bits per heavy atom. The van der Waals surface area contributed by atoms with E-state index in [1.165, 1.54) is 6.92 Å². The first kappa shape index (κ1) is 15.4. The molecule has 1 aromatic carbocycles. The van der Waals surface area contributed by atoms with Gasteiger partial charge in [-0.05, 0) is 26.3 Å². The molecule has 1 aliphatic rings. The van der Waals surface area contributed by atoms with E-state index in [1.54, 1.807) is 4.90 Å². The van der Waals surface area contributed by atoms with Gasteiger partial charge in [0.15, 0.2) is 0 Å². The third kappa shape index (κ3) is 2.87. The number of nitrogens with one attached hydrogen (secondary N) is 1. The molecule has 0 aliphatic carbocycles. The highest BCUT2D eigenvalue weighted by atomic mass is 19.1. The molecule has 1 fully saturated rings. The summed E-state index contributed by atoms with van der Waals surface area (Å²) in [4.78, 5) is 24.5. The lowest BCUT2D eigenvalue weighted by atomic mass is 10.0. The highest BCUT2D eigenvalue weighted by Gasteiger charge is 2.32. The molecule has 0 saturated carbocycles. The SMILES string of the molecule is Cc1cc([N+](=O)[O-])cc(C(=O)N2C(C)CNCC2C)c1F. The molecule has 1 heterocycles. The smallest absolute Gasteiger partial charge is 0.270 e. The van der Waals surface area contributed by atoms with E-state index in [-0.39, 0.29) is 28.9 Å². The fourth-order valence-electron chi connectivity index (χ4n) is 2.68. The van der Waals surface area contributed by atoms with Crippen LogP contribution in [0.25, 0.3) is 0 Å². The van der Waals surface area contributed by atoms with Crippen LogP contribution in [0.1, 0.15) is 29.8 Å². The van der Waals surface area contributed by atoms with Crippen molar-refractivity contribution in [2.45, 2.75) is 32.9 Å². The fraction of sp³-hybridized carbons (Fsp3) is 0.500. The van der Waals surface area contributed by atoms with Crippen molar-refractivity contribution >= 4 is 11.6 Å². The molecule has 2 atom stereocenters. The van der Waals surface area contributed by atoms with Crippen molar-refractivity contribution in [2.75, 3.05) is 13.1 Å². The van der Waals surface area contributed by atoms with Crippen molar-refractivity contribution < 1.29 is 14.1 Å². The van der Waals surface area contributed by atoms with Crippen LogP contribution in [-0.2, 0) is 0 Å². The molecule has 1 aromatic rings. The predicted octanol–water partition coefficient (Wildman–Crippen LogP) is 1.86. The summed E-state index contributed by atoms with van der Waals surface area (Å²) in [7, 11) is 0. The van der Waals surface area contributed by atoms with Crippen LogP contribution in [0, 0.1) is 22.9 Å². The lowest BCUT2D eigenvalue weighted by Gasteiger charge is -2.39. The number of non-ortho nitro benzene ring substituents is 1. The molecule has 6 nitrogen and oxygen atoms in total. The Labute approximate surface area is 122 Å². The monoisotopic (exact) mass is 295 g/mol. The predicted molar refractivity (Wildman–Crippen MR) is 75.8 cm³/mol. The van der Waals surface area contributed by atoms with Gasteiger partial charge in [0, 0.05) is 37.3 Å². The molecule has 7 heteroatoms. The van der Waals surface area contributed by atoms with Crippen LogP contribution >= 0.6 is 0 Å². The second-order valence-corrected chi connectivity index (χ2v) is 5.45. The number of nitro groups is 1. The largest absolute Gasteiger partial charge is 0.331 e. The van der Waals surface area contributed by atoms with Crippen LogP contribution in [0.4, 0.5) is 10.1 Å². The van der Waals surface area contributed by atoms with E-state index in [1.807, 2.05) is 13.8 Å². The minimum Gasteiger partial charge on any atom is -0.331 e. The molecule has 1 aliphatic heterocycles. The Morgan fingerprint density at radius 2 is 1.95 bits per heavy atom. The molecule has 1 amide bonds. The number of carbonyl (C=O) groups excluding carboxylic acids is 1. The number of piperazine rings is 1. The topological polar surface area (TPSA) is 75.5 Å². The van der Waals surface area contributed by atoms with Crippen molar-refractivity contribution in [1.82, 2.24) is 10.2 Å². The number of halogens is 1. The molecule has 1 N–H and O–H groups in total. The normalized spacial score (nSPS) is 22.2. The number of aryl methyl sites for hydroxylation is 1. The second kappa shape index (κ2) is 5.77. The molecule has 0 aromatic heterocycles. The van der Waals surface area contributed by atoms with Gasteiger partial charge < -0.3 is 10.2 Å². The average molecular weight is 295 g/mol. The molecule has 2 rings (SSSR count). The minimum atomic E-state index is -0.691. The highest BCUT2D eigenvalue weighted by Crippen LogP contribution is 2.24. The number of nitro benzene ring substituents is 1. The number of nitrogens with zero attached hydrogens (tertiary/aromatic N) is 2. The minimum absolute atomic E-state index is 0.0970. The van der Waals surface area contributed by atoms with Gasteiger partial charge in [0.1, 0.15) is 5.82 Å². The van der Waals surface area contributed by atoms with E-state index in [4.69, 9.17) is 0 Å². The van der Waals surface area contributed by atoms with E-state index >= 15 is 0 Å². The zero-order valence-corrected chi connectivity index (χ0v) is 12.2. The van der Waals surface area contributed by atoms with Crippen molar-refractivity contribution in [3.63, 3.8) is 0 Å². The average Bonchev–Trinajstić information content (AvgIpc) is 2.41. The molecule has 114 valence electrons. The summed E-state index contributed by atoms with van der Waals surface area (Å²) in [5.74, 6) is -1.19. The van der Waals surface area contributed by atoms with Crippen LogP contribution in [0.15, 0.2) is 12.1 Å². The van der Waals surface area contributed by atoms with Gasteiger partial charge in [0.2, 0.25) is 0 Å². The highest BCUT2D eigenvalue weighted by molar-refractivity contribution is 5.96. The summed E-state index contributed by atoms with van der Waals surface area (Å²) in [6.45, 7) is 6.38. The Hall–Kier alpha value is -2.02. The van der Waals surface area contributed by atoms with E-state index < -0.39 is 16.6 Å².